The van der Waals surface area contributed by atoms with Crippen LogP contribution in [0.1, 0.15) is 19.3 Å². The van der Waals surface area contributed by atoms with Crippen LogP contribution in [0.15, 0.2) is 6.33 Å². The average Bonchev–Trinajstić information content (AvgIpc) is 2.96. The zero-order valence-electron chi connectivity index (χ0n) is 12.6. The van der Waals surface area contributed by atoms with Crippen molar-refractivity contribution < 1.29 is 4.92 Å². The Morgan fingerprint density at radius 3 is 2.71 bits per heavy atom. The first kappa shape index (κ1) is 15.4. The fraction of sp³-hybridized carbons (Fsp3) is 0.692. The molecule has 0 aliphatic carbocycles. The maximum atomic E-state index is 11.4. The highest BCUT2D eigenvalue weighted by Crippen LogP contribution is 2.33. The predicted molar refractivity (Wildman–Crippen MR) is 81.8 cm³/mol. The summed E-state index contributed by atoms with van der Waals surface area (Å²) in [4.78, 5) is 23.2. The Bertz CT molecular complexity index is 488. The molecule has 1 aromatic heterocycles. The van der Waals surface area contributed by atoms with Gasteiger partial charge in [-0.05, 0) is 39.9 Å². The minimum Gasteiger partial charge on any atom is -0.364 e. The summed E-state index contributed by atoms with van der Waals surface area (Å²) in [6.07, 6.45) is 4.39. The number of nitrogens with one attached hydrogen (secondary N) is 1. The lowest BCUT2D eigenvalue weighted by molar-refractivity contribution is -0.383. The molecule has 1 aliphatic heterocycles. The van der Waals surface area contributed by atoms with Gasteiger partial charge >= 0.3 is 5.69 Å². The SMILES string of the molecule is CN(C)CCCNc1ncnc(N2CCCC2)c1[N+](=O)[O-]. The van der Waals surface area contributed by atoms with Gasteiger partial charge in [0.1, 0.15) is 6.33 Å². The monoisotopic (exact) mass is 294 g/mol. The minimum absolute atomic E-state index is 0.00995. The Morgan fingerprint density at radius 2 is 2.10 bits per heavy atom. The molecule has 0 atom stereocenters. The molecule has 0 unspecified atom stereocenters. The van der Waals surface area contributed by atoms with E-state index in [1.807, 2.05) is 19.0 Å². The predicted octanol–water partition coefficient (Wildman–Crippen LogP) is 1.35. The Balaban J connectivity index is 2.12. The van der Waals surface area contributed by atoms with Gasteiger partial charge < -0.3 is 15.1 Å². The van der Waals surface area contributed by atoms with E-state index in [0.717, 1.165) is 38.9 Å². The molecule has 1 aliphatic rings. The van der Waals surface area contributed by atoms with Gasteiger partial charge in [0, 0.05) is 19.6 Å². The van der Waals surface area contributed by atoms with Gasteiger partial charge in [0.15, 0.2) is 0 Å². The maximum absolute atomic E-state index is 11.4. The molecule has 8 nitrogen and oxygen atoms in total. The zero-order valence-corrected chi connectivity index (χ0v) is 12.6. The molecule has 1 saturated heterocycles. The van der Waals surface area contributed by atoms with Gasteiger partial charge in [-0.2, -0.15) is 0 Å². The van der Waals surface area contributed by atoms with Gasteiger partial charge in [0.2, 0.25) is 11.6 Å². The highest BCUT2D eigenvalue weighted by molar-refractivity contribution is 5.70. The molecule has 1 N–H and O–H groups in total. The lowest BCUT2D eigenvalue weighted by Crippen LogP contribution is -2.22. The van der Waals surface area contributed by atoms with E-state index in [9.17, 15) is 10.1 Å². The van der Waals surface area contributed by atoms with E-state index < -0.39 is 0 Å². The molecule has 116 valence electrons. The van der Waals surface area contributed by atoms with Crippen molar-refractivity contribution in [1.82, 2.24) is 14.9 Å². The summed E-state index contributed by atoms with van der Waals surface area (Å²) in [5, 5.41) is 14.5. The molecule has 0 saturated carbocycles. The van der Waals surface area contributed by atoms with Crippen LogP contribution in [0.25, 0.3) is 0 Å². The first-order chi connectivity index (χ1) is 10.1. The number of rotatable bonds is 7. The fourth-order valence-corrected chi connectivity index (χ4v) is 2.43. The van der Waals surface area contributed by atoms with E-state index in [1.54, 1.807) is 0 Å². The van der Waals surface area contributed by atoms with Crippen molar-refractivity contribution in [3.05, 3.63) is 16.4 Å². The third kappa shape index (κ3) is 4.01. The van der Waals surface area contributed by atoms with E-state index in [0.29, 0.717) is 18.2 Å². The minimum atomic E-state index is -0.387. The van der Waals surface area contributed by atoms with Gasteiger partial charge in [0.25, 0.3) is 0 Å². The summed E-state index contributed by atoms with van der Waals surface area (Å²) < 4.78 is 0. The van der Waals surface area contributed by atoms with Gasteiger partial charge in [-0.25, -0.2) is 9.97 Å². The maximum Gasteiger partial charge on any atom is 0.353 e. The van der Waals surface area contributed by atoms with Crippen molar-refractivity contribution in [3.63, 3.8) is 0 Å². The summed E-state index contributed by atoms with van der Waals surface area (Å²) >= 11 is 0. The van der Waals surface area contributed by atoms with Gasteiger partial charge in [-0.1, -0.05) is 0 Å². The molecule has 2 heterocycles. The van der Waals surface area contributed by atoms with Crippen LogP contribution in [-0.4, -0.2) is 60.1 Å². The van der Waals surface area contributed by atoms with Crippen molar-refractivity contribution in [1.29, 1.82) is 0 Å². The van der Waals surface area contributed by atoms with E-state index >= 15 is 0 Å². The third-order valence-electron chi connectivity index (χ3n) is 3.47. The number of nitrogens with zero attached hydrogens (tertiary/aromatic N) is 5. The highest BCUT2D eigenvalue weighted by Gasteiger charge is 2.28. The Hall–Kier alpha value is -1.96. The van der Waals surface area contributed by atoms with Crippen molar-refractivity contribution in [2.24, 2.45) is 0 Å². The Kier molecular flexibility index (Phi) is 5.26. The van der Waals surface area contributed by atoms with E-state index in [-0.39, 0.29) is 10.6 Å². The number of anilines is 2. The molecule has 0 aromatic carbocycles. The van der Waals surface area contributed by atoms with Gasteiger partial charge in [-0.3, -0.25) is 10.1 Å². The number of nitro groups is 1. The van der Waals surface area contributed by atoms with Crippen LogP contribution in [0.5, 0.6) is 0 Å². The number of hydrogen-bond donors (Lipinski definition) is 1. The van der Waals surface area contributed by atoms with Gasteiger partial charge in [-0.15, -0.1) is 0 Å². The standard InChI is InChI=1S/C13H22N6O2/c1-17(2)7-5-6-14-12-11(19(20)21)13(16-10-15-12)18-8-3-4-9-18/h10H,3-9H2,1-2H3,(H,14,15,16). The number of aromatic nitrogens is 2. The van der Waals surface area contributed by atoms with Crippen LogP contribution >= 0.6 is 0 Å². The highest BCUT2D eigenvalue weighted by atomic mass is 16.6. The Labute approximate surface area is 124 Å². The molecule has 1 fully saturated rings. The molecule has 8 heteroatoms. The van der Waals surface area contributed by atoms with E-state index in [2.05, 4.69) is 20.2 Å². The molecular weight excluding hydrogens is 272 g/mol. The first-order valence-electron chi connectivity index (χ1n) is 7.22. The lowest BCUT2D eigenvalue weighted by Gasteiger charge is -2.17. The molecule has 0 amide bonds. The number of hydrogen-bond acceptors (Lipinski definition) is 7. The zero-order chi connectivity index (χ0) is 15.2. The van der Waals surface area contributed by atoms with Crippen LogP contribution in [-0.2, 0) is 0 Å². The second-order valence-corrected chi connectivity index (χ2v) is 5.43. The van der Waals surface area contributed by atoms with Crippen LogP contribution in [0.3, 0.4) is 0 Å². The van der Waals surface area contributed by atoms with Crippen molar-refractivity contribution >= 4 is 17.3 Å². The van der Waals surface area contributed by atoms with Crippen molar-refractivity contribution in [3.8, 4) is 0 Å². The van der Waals surface area contributed by atoms with Crippen LogP contribution < -0.4 is 10.2 Å². The molecular formula is C13H22N6O2. The smallest absolute Gasteiger partial charge is 0.353 e. The Morgan fingerprint density at radius 1 is 1.38 bits per heavy atom. The summed E-state index contributed by atoms with van der Waals surface area (Å²) in [6, 6.07) is 0. The molecule has 21 heavy (non-hydrogen) atoms. The third-order valence-corrected chi connectivity index (χ3v) is 3.47. The average molecular weight is 294 g/mol. The quantitative estimate of drug-likeness (QED) is 0.461. The fourth-order valence-electron chi connectivity index (χ4n) is 2.43. The second-order valence-electron chi connectivity index (χ2n) is 5.43. The van der Waals surface area contributed by atoms with Crippen LogP contribution in [0.4, 0.5) is 17.3 Å². The van der Waals surface area contributed by atoms with E-state index in [4.69, 9.17) is 0 Å². The second kappa shape index (κ2) is 7.16. The summed E-state index contributed by atoms with van der Waals surface area (Å²) in [6.45, 7) is 3.20. The van der Waals surface area contributed by atoms with Crippen LogP contribution in [0, 0.1) is 10.1 Å². The summed E-state index contributed by atoms with van der Waals surface area (Å²) in [7, 11) is 4.00. The normalized spacial score (nSPS) is 14.7. The molecule has 0 radical (unpaired) electrons. The molecule has 0 bridgehead atoms. The van der Waals surface area contributed by atoms with Crippen molar-refractivity contribution in [2.75, 3.05) is 50.5 Å². The van der Waals surface area contributed by atoms with Crippen molar-refractivity contribution in [2.45, 2.75) is 19.3 Å². The van der Waals surface area contributed by atoms with E-state index in [1.165, 1.54) is 6.33 Å². The molecule has 1 aromatic rings. The molecule has 0 spiro atoms. The molecule has 2 rings (SSSR count). The lowest BCUT2D eigenvalue weighted by atomic mass is 10.3. The summed E-state index contributed by atoms with van der Waals surface area (Å²) in [5.74, 6) is 0.748. The first-order valence-corrected chi connectivity index (χ1v) is 7.22. The van der Waals surface area contributed by atoms with Crippen LogP contribution in [0.2, 0.25) is 0 Å². The van der Waals surface area contributed by atoms with Gasteiger partial charge in [0.05, 0.1) is 4.92 Å². The topological polar surface area (TPSA) is 87.4 Å². The summed E-state index contributed by atoms with van der Waals surface area (Å²) in [5.41, 5.74) is -0.00995. The largest absolute Gasteiger partial charge is 0.364 e.